The summed E-state index contributed by atoms with van der Waals surface area (Å²) in [6.45, 7) is 4.26. The molecule has 3 aromatic heterocycles. The van der Waals surface area contributed by atoms with E-state index >= 15 is 0 Å². The normalized spacial score (nSPS) is 14.0. The van der Waals surface area contributed by atoms with Gasteiger partial charge in [-0.15, -0.1) is 11.3 Å². The summed E-state index contributed by atoms with van der Waals surface area (Å²) in [5, 5.41) is 6.55. The lowest BCUT2D eigenvalue weighted by molar-refractivity contribution is 0.0728. The first-order valence-electron chi connectivity index (χ1n) is 8.03. The largest absolute Gasteiger partial charge is 0.343 e. The number of thiazole rings is 1. The lowest BCUT2D eigenvalue weighted by Crippen LogP contribution is -2.36. The molecular weight excluding hydrogens is 324 g/mol. The van der Waals surface area contributed by atoms with Gasteiger partial charge in [0.1, 0.15) is 11.4 Å². The molecule has 0 saturated carbocycles. The van der Waals surface area contributed by atoms with Gasteiger partial charge >= 0.3 is 0 Å². The number of carbonyl (C=O) groups is 1. The first kappa shape index (κ1) is 15.1. The van der Waals surface area contributed by atoms with Gasteiger partial charge in [-0.25, -0.2) is 9.97 Å². The van der Waals surface area contributed by atoms with Gasteiger partial charge in [-0.3, -0.25) is 9.48 Å². The minimum Gasteiger partial charge on any atom is -0.343 e. The average Bonchev–Trinajstić information content (AvgIpc) is 3.35. The Kier molecular flexibility index (Phi) is 3.89. The molecule has 4 rings (SSSR count). The van der Waals surface area contributed by atoms with Crippen LogP contribution in [0.3, 0.4) is 0 Å². The van der Waals surface area contributed by atoms with E-state index in [-0.39, 0.29) is 5.91 Å². The van der Waals surface area contributed by atoms with Crippen molar-refractivity contribution in [3.63, 3.8) is 0 Å². The van der Waals surface area contributed by atoms with E-state index in [0.29, 0.717) is 18.8 Å². The third kappa shape index (κ3) is 2.52. The van der Waals surface area contributed by atoms with Gasteiger partial charge in [0.15, 0.2) is 5.82 Å². The fourth-order valence-electron chi connectivity index (χ4n) is 3.13. The topological polar surface area (TPSA) is 79.7 Å². The number of nitrogens with one attached hydrogen (secondary N) is 1. The Balaban J connectivity index is 1.70. The van der Waals surface area contributed by atoms with Crippen LogP contribution in [0.1, 0.15) is 35.1 Å². The highest BCUT2D eigenvalue weighted by molar-refractivity contribution is 7.07. The molecule has 1 N–H and O–H groups in total. The van der Waals surface area contributed by atoms with Crippen molar-refractivity contribution in [1.29, 1.82) is 0 Å². The van der Waals surface area contributed by atoms with Crippen molar-refractivity contribution in [3.8, 4) is 11.5 Å². The number of amides is 1. The average molecular weight is 342 g/mol. The van der Waals surface area contributed by atoms with Gasteiger partial charge in [-0.05, 0) is 6.42 Å². The highest BCUT2D eigenvalue weighted by Crippen LogP contribution is 2.29. The molecule has 1 aliphatic heterocycles. The minimum absolute atomic E-state index is 0.0180. The number of carbonyl (C=O) groups excluding carboxylic acids is 1. The lowest BCUT2D eigenvalue weighted by atomic mass is 10.0. The van der Waals surface area contributed by atoms with Gasteiger partial charge in [-0.2, -0.15) is 5.10 Å². The summed E-state index contributed by atoms with van der Waals surface area (Å²) < 4.78 is 2.07. The molecule has 124 valence electrons. The van der Waals surface area contributed by atoms with Crippen LogP contribution in [0.2, 0.25) is 0 Å². The van der Waals surface area contributed by atoms with E-state index in [4.69, 9.17) is 5.10 Å². The Morgan fingerprint density at radius 3 is 3.04 bits per heavy atom. The number of nitrogens with zero attached hydrogens (tertiary/aromatic N) is 5. The second-order valence-corrected chi connectivity index (χ2v) is 6.50. The molecule has 0 bridgehead atoms. The zero-order valence-electron chi connectivity index (χ0n) is 13.4. The van der Waals surface area contributed by atoms with E-state index in [0.717, 1.165) is 36.5 Å². The van der Waals surface area contributed by atoms with Crippen molar-refractivity contribution in [2.75, 3.05) is 6.54 Å². The van der Waals surface area contributed by atoms with Crippen LogP contribution in [-0.2, 0) is 19.5 Å². The van der Waals surface area contributed by atoms with Crippen LogP contribution in [0.15, 0.2) is 23.3 Å². The Morgan fingerprint density at radius 1 is 1.42 bits per heavy atom. The van der Waals surface area contributed by atoms with Crippen LogP contribution in [0.25, 0.3) is 11.5 Å². The van der Waals surface area contributed by atoms with Gasteiger partial charge in [0.2, 0.25) is 0 Å². The lowest BCUT2D eigenvalue weighted by Gasteiger charge is -2.27. The van der Waals surface area contributed by atoms with E-state index < -0.39 is 0 Å². The SMILES string of the molecule is CCCn1nc(-c2ncc[nH]2)c2c1CCN(C(=O)c1cscn1)C2. The Labute approximate surface area is 143 Å². The highest BCUT2D eigenvalue weighted by Gasteiger charge is 2.29. The fraction of sp³-hybridized carbons (Fsp3) is 0.375. The van der Waals surface area contributed by atoms with E-state index in [1.165, 1.54) is 17.0 Å². The molecular formula is C16H18N6OS. The van der Waals surface area contributed by atoms with Crippen LogP contribution in [0.5, 0.6) is 0 Å². The molecule has 7 nitrogen and oxygen atoms in total. The molecule has 0 aliphatic carbocycles. The predicted octanol–water partition coefficient (Wildman–Crippen LogP) is 2.34. The number of hydrogen-bond acceptors (Lipinski definition) is 5. The van der Waals surface area contributed by atoms with Crippen molar-refractivity contribution in [2.24, 2.45) is 0 Å². The monoisotopic (exact) mass is 342 g/mol. The van der Waals surface area contributed by atoms with Crippen LogP contribution in [0.4, 0.5) is 0 Å². The summed E-state index contributed by atoms with van der Waals surface area (Å²) in [6.07, 6.45) is 5.34. The standard InChI is InChI=1S/C16H18N6OS/c1-2-6-22-13-3-7-21(16(23)12-9-24-10-19-12)8-11(13)14(20-22)15-17-4-5-18-15/h4-5,9-10H,2-3,6-8H2,1H3,(H,17,18). The maximum Gasteiger partial charge on any atom is 0.273 e. The molecule has 1 aliphatic rings. The van der Waals surface area contributed by atoms with Gasteiger partial charge in [0.05, 0.1) is 12.1 Å². The van der Waals surface area contributed by atoms with Crippen molar-refractivity contribution in [1.82, 2.24) is 29.6 Å². The van der Waals surface area contributed by atoms with E-state index in [1.807, 2.05) is 4.90 Å². The maximum absolute atomic E-state index is 12.6. The van der Waals surface area contributed by atoms with Gasteiger partial charge in [-0.1, -0.05) is 6.92 Å². The molecule has 0 aromatic carbocycles. The van der Waals surface area contributed by atoms with E-state index in [2.05, 4.69) is 26.6 Å². The number of imidazole rings is 1. The smallest absolute Gasteiger partial charge is 0.273 e. The van der Waals surface area contributed by atoms with Gasteiger partial charge < -0.3 is 9.88 Å². The van der Waals surface area contributed by atoms with Gasteiger partial charge in [0, 0.05) is 48.5 Å². The van der Waals surface area contributed by atoms with Crippen LogP contribution in [0, 0.1) is 0 Å². The van der Waals surface area contributed by atoms with Crippen LogP contribution < -0.4 is 0 Å². The summed E-state index contributed by atoms with van der Waals surface area (Å²) in [6, 6.07) is 0. The molecule has 4 heterocycles. The molecule has 0 spiro atoms. The quantitative estimate of drug-likeness (QED) is 0.789. The summed E-state index contributed by atoms with van der Waals surface area (Å²) in [7, 11) is 0. The molecule has 0 radical (unpaired) electrons. The predicted molar refractivity (Wildman–Crippen MR) is 90.7 cm³/mol. The number of H-pyrrole nitrogens is 1. The summed E-state index contributed by atoms with van der Waals surface area (Å²) in [4.78, 5) is 26.1. The van der Waals surface area contributed by atoms with Crippen molar-refractivity contribution in [3.05, 3.63) is 40.2 Å². The van der Waals surface area contributed by atoms with Crippen molar-refractivity contribution >= 4 is 17.2 Å². The van der Waals surface area contributed by atoms with E-state index in [1.54, 1.807) is 23.3 Å². The number of aromatic amines is 1. The second-order valence-electron chi connectivity index (χ2n) is 5.79. The van der Waals surface area contributed by atoms with Gasteiger partial charge in [0.25, 0.3) is 5.91 Å². The van der Waals surface area contributed by atoms with E-state index in [9.17, 15) is 4.79 Å². The first-order valence-corrected chi connectivity index (χ1v) is 8.98. The molecule has 0 atom stereocenters. The number of aromatic nitrogens is 5. The first-order chi connectivity index (χ1) is 11.8. The Hall–Kier alpha value is -2.48. The Morgan fingerprint density at radius 2 is 2.33 bits per heavy atom. The zero-order valence-corrected chi connectivity index (χ0v) is 14.2. The zero-order chi connectivity index (χ0) is 16.5. The molecule has 1 amide bonds. The second kappa shape index (κ2) is 6.20. The fourth-order valence-corrected chi connectivity index (χ4v) is 3.65. The highest BCUT2D eigenvalue weighted by atomic mass is 32.1. The molecule has 3 aromatic rings. The third-order valence-electron chi connectivity index (χ3n) is 4.23. The molecule has 8 heteroatoms. The van der Waals surface area contributed by atoms with Crippen LogP contribution >= 0.6 is 11.3 Å². The van der Waals surface area contributed by atoms with Crippen molar-refractivity contribution in [2.45, 2.75) is 32.9 Å². The third-order valence-corrected chi connectivity index (χ3v) is 4.82. The molecule has 0 fully saturated rings. The minimum atomic E-state index is -0.0180. The van der Waals surface area contributed by atoms with Crippen molar-refractivity contribution < 1.29 is 4.79 Å². The molecule has 24 heavy (non-hydrogen) atoms. The number of rotatable bonds is 4. The Bertz CT molecular complexity index is 836. The maximum atomic E-state index is 12.6. The van der Waals surface area contributed by atoms with Crippen LogP contribution in [-0.4, -0.2) is 42.1 Å². The molecule has 0 unspecified atom stereocenters. The summed E-state index contributed by atoms with van der Waals surface area (Å²) in [5.74, 6) is 0.736. The number of fused-ring (bicyclic) bond motifs is 1. The number of hydrogen-bond donors (Lipinski definition) is 1. The summed E-state index contributed by atoms with van der Waals surface area (Å²) >= 11 is 1.44. The molecule has 0 saturated heterocycles. The number of aryl methyl sites for hydroxylation is 1. The summed E-state index contributed by atoms with van der Waals surface area (Å²) in [5.41, 5.74) is 5.36.